The van der Waals surface area contributed by atoms with Crippen molar-refractivity contribution in [1.29, 1.82) is 0 Å². The maximum atomic E-state index is 12.1. The topological polar surface area (TPSA) is 41.6 Å². The summed E-state index contributed by atoms with van der Waals surface area (Å²) in [5.74, 6) is 1.04. The molecule has 4 nitrogen and oxygen atoms in total. The SMILES string of the molecule is CNC1CCN(C(=O)CCOc2cccc(C)c2)CC1.Cl. The predicted octanol–water partition coefficient (Wildman–Crippen LogP) is 2.40. The lowest BCUT2D eigenvalue weighted by atomic mass is 10.1. The van der Waals surface area contributed by atoms with Gasteiger partial charge in [0.15, 0.2) is 0 Å². The van der Waals surface area contributed by atoms with Crippen molar-refractivity contribution in [2.24, 2.45) is 0 Å². The number of halogens is 1. The normalized spacial score (nSPS) is 15.4. The summed E-state index contributed by atoms with van der Waals surface area (Å²) in [7, 11) is 1.98. The first-order chi connectivity index (χ1) is 9.69. The summed E-state index contributed by atoms with van der Waals surface area (Å²) in [6.07, 6.45) is 2.54. The molecule has 1 aliphatic heterocycles. The van der Waals surface area contributed by atoms with Gasteiger partial charge in [-0.15, -0.1) is 12.4 Å². The molecule has 0 bridgehead atoms. The van der Waals surface area contributed by atoms with Gasteiger partial charge in [0, 0.05) is 19.1 Å². The van der Waals surface area contributed by atoms with Gasteiger partial charge < -0.3 is 15.0 Å². The summed E-state index contributed by atoms with van der Waals surface area (Å²) in [6, 6.07) is 8.47. The molecule has 1 fully saturated rings. The van der Waals surface area contributed by atoms with Crippen LogP contribution in [0.5, 0.6) is 5.75 Å². The fourth-order valence-electron chi connectivity index (χ4n) is 2.54. The van der Waals surface area contributed by atoms with Crippen LogP contribution in [0.25, 0.3) is 0 Å². The van der Waals surface area contributed by atoms with E-state index in [1.54, 1.807) is 0 Å². The van der Waals surface area contributed by atoms with Gasteiger partial charge >= 0.3 is 0 Å². The van der Waals surface area contributed by atoms with Crippen molar-refractivity contribution in [3.8, 4) is 5.75 Å². The number of aryl methyl sites for hydroxylation is 1. The van der Waals surface area contributed by atoms with Gasteiger partial charge in [0.1, 0.15) is 5.75 Å². The molecule has 1 N–H and O–H groups in total. The molecule has 21 heavy (non-hydrogen) atoms. The monoisotopic (exact) mass is 312 g/mol. The Bertz CT molecular complexity index is 446. The van der Waals surface area contributed by atoms with E-state index in [9.17, 15) is 4.79 Å². The molecule has 0 saturated carbocycles. The number of ether oxygens (including phenoxy) is 1. The number of hydrogen-bond donors (Lipinski definition) is 1. The number of nitrogens with zero attached hydrogens (tertiary/aromatic N) is 1. The molecule has 0 radical (unpaired) electrons. The second kappa shape index (κ2) is 8.90. The van der Waals surface area contributed by atoms with Gasteiger partial charge in [-0.25, -0.2) is 0 Å². The van der Waals surface area contributed by atoms with Crippen LogP contribution < -0.4 is 10.1 Å². The predicted molar refractivity (Wildman–Crippen MR) is 87.2 cm³/mol. The summed E-state index contributed by atoms with van der Waals surface area (Å²) >= 11 is 0. The number of likely N-dealkylation sites (tertiary alicyclic amines) is 1. The molecule has 1 amide bonds. The van der Waals surface area contributed by atoms with Crippen molar-refractivity contribution in [2.45, 2.75) is 32.2 Å². The molecule has 2 rings (SSSR count). The van der Waals surface area contributed by atoms with Gasteiger partial charge in [-0.2, -0.15) is 0 Å². The maximum absolute atomic E-state index is 12.1. The Balaban J connectivity index is 0.00000220. The highest BCUT2D eigenvalue weighted by Gasteiger charge is 2.21. The molecule has 1 aromatic rings. The van der Waals surface area contributed by atoms with Crippen molar-refractivity contribution in [3.05, 3.63) is 29.8 Å². The summed E-state index contributed by atoms with van der Waals surface area (Å²) < 4.78 is 5.63. The molecular formula is C16H25ClN2O2. The highest BCUT2D eigenvalue weighted by atomic mass is 35.5. The minimum atomic E-state index is 0. The van der Waals surface area contributed by atoms with Crippen LogP contribution in [-0.4, -0.2) is 43.6 Å². The summed E-state index contributed by atoms with van der Waals surface area (Å²) in [5.41, 5.74) is 1.17. The van der Waals surface area contributed by atoms with Crippen LogP contribution in [0, 0.1) is 6.92 Å². The number of carbonyl (C=O) groups excluding carboxylic acids is 1. The van der Waals surface area contributed by atoms with E-state index in [1.165, 1.54) is 5.56 Å². The zero-order valence-electron chi connectivity index (χ0n) is 12.8. The van der Waals surface area contributed by atoms with Gasteiger partial charge in [-0.05, 0) is 44.5 Å². The van der Waals surface area contributed by atoms with E-state index in [0.29, 0.717) is 19.1 Å². The molecule has 0 atom stereocenters. The average Bonchev–Trinajstić information content (AvgIpc) is 2.47. The van der Waals surface area contributed by atoms with Crippen molar-refractivity contribution >= 4 is 18.3 Å². The minimum Gasteiger partial charge on any atom is -0.493 e. The van der Waals surface area contributed by atoms with Crippen LogP contribution in [0.4, 0.5) is 0 Å². The molecule has 1 heterocycles. The highest BCUT2D eigenvalue weighted by Crippen LogP contribution is 2.14. The largest absolute Gasteiger partial charge is 0.493 e. The van der Waals surface area contributed by atoms with Crippen molar-refractivity contribution in [1.82, 2.24) is 10.2 Å². The Morgan fingerprint density at radius 1 is 1.38 bits per heavy atom. The molecule has 0 aliphatic carbocycles. The molecule has 1 saturated heterocycles. The number of rotatable bonds is 5. The van der Waals surface area contributed by atoms with Crippen LogP contribution >= 0.6 is 12.4 Å². The van der Waals surface area contributed by atoms with Crippen LogP contribution in [0.2, 0.25) is 0 Å². The van der Waals surface area contributed by atoms with Crippen LogP contribution in [-0.2, 0) is 4.79 Å². The minimum absolute atomic E-state index is 0. The molecule has 1 aromatic carbocycles. The quantitative estimate of drug-likeness (QED) is 0.908. The zero-order chi connectivity index (χ0) is 14.4. The maximum Gasteiger partial charge on any atom is 0.225 e. The first-order valence-electron chi connectivity index (χ1n) is 7.33. The lowest BCUT2D eigenvalue weighted by Crippen LogP contribution is -2.44. The first kappa shape index (κ1) is 17.8. The zero-order valence-corrected chi connectivity index (χ0v) is 13.6. The summed E-state index contributed by atoms with van der Waals surface area (Å²) in [5, 5.41) is 3.27. The standard InChI is InChI=1S/C16H24N2O2.ClH/c1-13-4-3-5-15(12-13)20-11-8-16(19)18-9-6-14(17-2)7-10-18;/h3-5,12,14,17H,6-11H2,1-2H3;1H. The van der Waals surface area contributed by atoms with Crippen LogP contribution in [0.1, 0.15) is 24.8 Å². The molecule has 0 spiro atoms. The van der Waals surface area contributed by atoms with Gasteiger partial charge in [-0.1, -0.05) is 12.1 Å². The lowest BCUT2D eigenvalue weighted by molar-refractivity contribution is -0.132. The fraction of sp³-hybridized carbons (Fsp3) is 0.562. The second-order valence-corrected chi connectivity index (χ2v) is 5.36. The van der Waals surface area contributed by atoms with Gasteiger partial charge in [0.25, 0.3) is 0 Å². The fourth-order valence-corrected chi connectivity index (χ4v) is 2.54. The first-order valence-corrected chi connectivity index (χ1v) is 7.33. The third kappa shape index (κ3) is 5.56. The van der Waals surface area contributed by atoms with Crippen LogP contribution in [0.15, 0.2) is 24.3 Å². The van der Waals surface area contributed by atoms with E-state index in [1.807, 2.05) is 43.1 Å². The smallest absolute Gasteiger partial charge is 0.225 e. The second-order valence-electron chi connectivity index (χ2n) is 5.36. The Labute approximate surface area is 133 Å². The molecule has 5 heteroatoms. The van der Waals surface area contributed by atoms with E-state index < -0.39 is 0 Å². The van der Waals surface area contributed by atoms with E-state index in [-0.39, 0.29) is 18.3 Å². The van der Waals surface area contributed by atoms with E-state index in [4.69, 9.17) is 4.74 Å². The number of amides is 1. The lowest BCUT2D eigenvalue weighted by Gasteiger charge is -2.31. The van der Waals surface area contributed by atoms with Gasteiger partial charge in [0.05, 0.1) is 13.0 Å². The molecule has 0 unspecified atom stereocenters. The molecule has 1 aliphatic rings. The number of benzene rings is 1. The summed E-state index contributed by atoms with van der Waals surface area (Å²) in [6.45, 7) is 4.20. The number of piperidine rings is 1. The number of hydrogen-bond acceptors (Lipinski definition) is 3. The molecule has 0 aromatic heterocycles. The Morgan fingerprint density at radius 2 is 2.10 bits per heavy atom. The molecule has 118 valence electrons. The van der Waals surface area contributed by atoms with Crippen LogP contribution in [0.3, 0.4) is 0 Å². The Kier molecular flexibility index (Phi) is 7.54. The third-order valence-electron chi connectivity index (χ3n) is 3.83. The van der Waals surface area contributed by atoms with Crippen molar-refractivity contribution in [3.63, 3.8) is 0 Å². The van der Waals surface area contributed by atoms with E-state index in [0.717, 1.165) is 31.7 Å². The molecular weight excluding hydrogens is 288 g/mol. The van der Waals surface area contributed by atoms with Crippen molar-refractivity contribution in [2.75, 3.05) is 26.7 Å². The van der Waals surface area contributed by atoms with Gasteiger partial charge in [0.2, 0.25) is 5.91 Å². The Morgan fingerprint density at radius 3 is 2.71 bits per heavy atom. The highest BCUT2D eigenvalue weighted by molar-refractivity contribution is 5.85. The number of carbonyl (C=O) groups is 1. The number of nitrogens with one attached hydrogen (secondary N) is 1. The van der Waals surface area contributed by atoms with E-state index in [2.05, 4.69) is 5.32 Å². The summed E-state index contributed by atoms with van der Waals surface area (Å²) in [4.78, 5) is 14.0. The van der Waals surface area contributed by atoms with E-state index >= 15 is 0 Å². The Hall–Kier alpha value is -1.26. The van der Waals surface area contributed by atoms with Gasteiger partial charge in [-0.3, -0.25) is 4.79 Å². The van der Waals surface area contributed by atoms with Crippen molar-refractivity contribution < 1.29 is 9.53 Å². The third-order valence-corrected chi connectivity index (χ3v) is 3.83. The average molecular weight is 313 g/mol.